The van der Waals surface area contributed by atoms with Gasteiger partial charge in [-0.05, 0) is 59.3 Å². The van der Waals surface area contributed by atoms with Crippen molar-refractivity contribution in [2.24, 2.45) is 0 Å². The minimum atomic E-state index is -0.436. The van der Waals surface area contributed by atoms with Crippen molar-refractivity contribution in [1.82, 2.24) is 30.1 Å². The van der Waals surface area contributed by atoms with E-state index in [2.05, 4.69) is 37.2 Å². The fraction of sp³-hybridized carbons (Fsp3) is 0.385. The lowest BCUT2D eigenvalue weighted by molar-refractivity contribution is 0.171. The maximum absolute atomic E-state index is 13.4. The van der Waals surface area contributed by atoms with Gasteiger partial charge in [-0.2, -0.15) is 0 Å². The van der Waals surface area contributed by atoms with E-state index < -0.39 is 6.04 Å². The van der Waals surface area contributed by atoms with Gasteiger partial charge in [-0.25, -0.2) is 4.68 Å². The third-order valence-corrected chi connectivity index (χ3v) is 7.11. The summed E-state index contributed by atoms with van der Waals surface area (Å²) in [4.78, 5) is 21.1. The lowest BCUT2D eigenvalue weighted by Gasteiger charge is -2.40. The average Bonchev–Trinajstić information content (AvgIpc) is 3.37. The van der Waals surface area contributed by atoms with E-state index in [9.17, 15) is 4.79 Å². The van der Waals surface area contributed by atoms with Crippen LogP contribution in [-0.2, 0) is 11.3 Å². The van der Waals surface area contributed by atoms with Crippen LogP contribution in [0.1, 0.15) is 23.0 Å². The highest BCUT2D eigenvalue weighted by molar-refractivity contribution is 6.30. The van der Waals surface area contributed by atoms with Crippen LogP contribution in [-0.4, -0.2) is 77.1 Å². The van der Waals surface area contributed by atoms with Crippen LogP contribution in [0.25, 0.3) is 10.9 Å². The Bertz CT molecular complexity index is 1450. The van der Waals surface area contributed by atoms with E-state index in [0.717, 1.165) is 40.5 Å². The Morgan fingerprint density at radius 2 is 1.89 bits per heavy atom. The van der Waals surface area contributed by atoms with Crippen molar-refractivity contribution >= 4 is 28.2 Å². The molecule has 0 saturated carbocycles. The summed E-state index contributed by atoms with van der Waals surface area (Å²) in [5, 5.41) is 14.1. The van der Waals surface area contributed by atoms with E-state index in [1.54, 1.807) is 18.9 Å². The van der Waals surface area contributed by atoms with E-state index in [4.69, 9.17) is 21.1 Å². The van der Waals surface area contributed by atoms with Gasteiger partial charge in [-0.1, -0.05) is 17.7 Å². The van der Waals surface area contributed by atoms with Crippen molar-refractivity contribution in [2.75, 3.05) is 51.9 Å². The first-order chi connectivity index (χ1) is 18.0. The largest absolute Gasteiger partial charge is 0.497 e. The van der Waals surface area contributed by atoms with Gasteiger partial charge in [0.1, 0.15) is 11.8 Å². The van der Waals surface area contributed by atoms with Crippen molar-refractivity contribution in [3.8, 4) is 5.75 Å². The zero-order valence-electron chi connectivity index (χ0n) is 21.1. The lowest BCUT2D eigenvalue weighted by Crippen LogP contribution is -2.49. The Balaban J connectivity index is 1.53. The fourth-order valence-electron chi connectivity index (χ4n) is 4.92. The Kier molecular flexibility index (Phi) is 7.40. The van der Waals surface area contributed by atoms with Gasteiger partial charge in [0.25, 0.3) is 5.56 Å². The molecule has 0 spiro atoms. The van der Waals surface area contributed by atoms with Gasteiger partial charge in [0.2, 0.25) is 0 Å². The molecule has 194 valence electrons. The van der Waals surface area contributed by atoms with Crippen LogP contribution in [0.5, 0.6) is 5.75 Å². The number of aromatic amines is 1. The van der Waals surface area contributed by atoms with Crippen LogP contribution < -0.4 is 15.2 Å². The molecule has 11 heteroatoms. The Morgan fingerprint density at radius 3 is 2.65 bits per heavy atom. The van der Waals surface area contributed by atoms with E-state index in [-0.39, 0.29) is 5.56 Å². The number of pyridine rings is 1. The maximum Gasteiger partial charge on any atom is 0.253 e. The zero-order chi connectivity index (χ0) is 25.9. The molecule has 0 aliphatic carbocycles. The summed E-state index contributed by atoms with van der Waals surface area (Å²) < 4.78 is 12.4. The predicted octanol–water partition coefficient (Wildman–Crippen LogP) is 3.04. The van der Waals surface area contributed by atoms with Crippen molar-refractivity contribution in [3.63, 3.8) is 0 Å². The van der Waals surface area contributed by atoms with E-state index in [1.807, 2.05) is 42.5 Å². The highest BCUT2D eigenvalue weighted by atomic mass is 35.5. The van der Waals surface area contributed by atoms with Crippen LogP contribution >= 0.6 is 11.6 Å². The van der Waals surface area contributed by atoms with Gasteiger partial charge >= 0.3 is 0 Å². The number of benzene rings is 2. The molecule has 0 bridgehead atoms. The number of nitrogens with one attached hydrogen (secondary N) is 1. The smallest absolute Gasteiger partial charge is 0.253 e. The number of tetrazole rings is 1. The number of rotatable bonds is 8. The Labute approximate surface area is 219 Å². The van der Waals surface area contributed by atoms with Gasteiger partial charge in [-0.3, -0.25) is 9.69 Å². The minimum Gasteiger partial charge on any atom is -0.497 e. The van der Waals surface area contributed by atoms with Gasteiger partial charge in [0.15, 0.2) is 5.82 Å². The number of aromatic nitrogens is 5. The molecule has 37 heavy (non-hydrogen) atoms. The SMILES string of the molecule is COCCn1nnnc1C(c1cc2cc(OC)ccc2[nH]c1=O)N1CCN(c2cc(Cl)ccc2C)CC1. The molecular weight excluding hydrogens is 494 g/mol. The third-order valence-electron chi connectivity index (χ3n) is 6.88. The normalized spacial score (nSPS) is 15.3. The topological polar surface area (TPSA) is 101 Å². The molecule has 0 amide bonds. The summed E-state index contributed by atoms with van der Waals surface area (Å²) in [6.07, 6.45) is 0. The van der Waals surface area contributed by atoms with E-state index in [1.165, 1.54) is 5.56 Å². The van der Waals surface area contributed by atoms with Gasteiger partial charge in [0.05, 0.1) is 20.3 Å². The molecule has 1 aliphatic heterocycles. The number of halogens is 1. The summed E-state index contributed by atoms with van der Waals surface area (Å²) in [6, 6.07) is 13.0. The summed E-state index contributed by atoms with van der Waals surface area (Å²) in [7, 11) is 3.27. The number of methoxy groups -OCH3 is 2. The minimum absolute atomic E-state index is 0.169. The van der Waals surface area contributed by atoms with Crippen LogP contribution in [0.3, 0.4) is 0 Å². The van der Waals surface area contributed by atoms with Gasteiger partial charge in [-0.15, -0.1) is 5.10 Å². The number of H-pyrrole nitrogens is 1. The van der Waals surface area contributed by atoms with Gasteiger partial charge < -0.3 is 19.4 Å². The molecule has 10 nitrogen and oxygen atoms in total. The zero-order valence-corrected chi connectivity index (χ0v) is 21.9. The molecule has 1 aliphatic rings. The summed E-state index contributed by atoms with van der Waals surface area (Å²) >= 11 is 6.29. The van der Waals surface area contributed by atoms with E-state index >= 15 is 0 Å². The monoisotopic (exact) mass is 523 g/mol. The first-order valence-electron chi connectivity index (χ1n) is 12.2. The highest BCUT2D eigenvalue weighted by Crippen LogP contribution is 2.31. The third kappa shape index (κ3) is 5.18. The molecule has 1 unspecified atom stereocenters. The number of hydrogen-bond donors (Lipinski definition) is 1. The molecule has 1 fully saturated rings. The van der Waals surface area contributed by atoms with Crippen molar-refractivity contribution in [1.29, 1.82) is 0 Å². The molecule has 1 N–H and O–H groups in total. The second-order valence-corrected chi connectivity index (χ2v) is 9.55. The molecular formula is C26H30ClN7O3. The Hall–Kier alpha value is -3.47. The second kappa shape index (κ2) is 10.9. The summed E-state index contributed by atoms with van der Waals surface area (Å²) in [6.45, 7) is 6.00. The lowest BCUT2D eigenvalue weighted by atomic mass is 10.0. The number of ether oxygens (including phenoxy) is 2. The van der Waals surface area contributed by atoms with Crippen LogP contribution in [0, 0.1) is 6.92 Å². The van der Waals surface area contributed by atoms with Gasteiger partial charge in [0, 0.05) is 60.5 Å². The molecule has 5 rings (SSSR count). The fourth-order valence-corrected chi connectivity index (χ4v) is 5.09. The Morgan fingerprint density at radius 1 is 1.08 bits per heavy atom. The number of nitrogens with zero attached hydrogens (tertiary/aromatic N) is 6. The van der Waals surface area contributed by atoms with E-state index in [0.29, 0.717) is 37.6 Å². The number of piperazine rings is 1. The molecule has 2 aromatic carbocycles. The molecule has 4 aromatic rings. The standard InChI is InChI=1S/C26H30ClN7O3/c1-17-4-5-19(27)16-23(17)32-8-10-33(11-9-32)24(25-29-30-31-34(25)12-13-36-2)21-15-18-14-20(37-3)6-7-22(18)28-26(21)35/h4-7,14-16,24H,8-13H2,1-3H3,(H,28,35). The van der Waals surface area contributed by atoms with Crippen LogP contribution in [0.2, 0.25) is 5.02 Å². The first-order valence-corrected chi connectivity index (χ1v) is 12.6. The summed E-state index contributed by atoms with van der Waals surface area (Å²) in [5.74, 6) is 1.33. The quantitative estimate of drug-likeness (QED) is 0.376. The number of anilines is 1. The average molecular weight is 524 g/mol. The second-order valence-electron chi connectivity index (χ2n) is 9.12. The first kappa shape index (κ1) is 25.2. The summed E-state index contributed by atoms with van der Waals surface area (Å²) in [5.41, 5.74) is 3.47. The van der Waals surface area contributed by atoms with Crippen molar-refractivity contribution in [2.45, 2.75) is 19.5 Å². The van der Waals surface area contributed by atoms with Crippen molar-refractivity contribution < 1.29 is 9.47 Å². The molecule has 1 atom stereocenters. The molecule has 3 heterocycles. The number of fused-ring (bicyclic) bond motifs is 1. The number of aryl methyl sites for hydroxylation is 1. The van der Waals surface area contributed by atoms with Crippen LogP contribution in [0.15, 0.2) is 47.3 Å². The molecule has 0 radical (unpaired) electrons. The molecule has 2 aromatic heterocycles. The predicted molar refractivity (Wildman–Crippen MR) is 143 cm³/mol. The highest BCUT2D eigenvalue weighted by Gasteiger charge is 2.33. The molecule has 1 saturated heterocycles. The van der Waals surface area contributed by atoms with Crippen molar-refractivity contribution in [3.05, 3.63) is 74.8 Å². The van der Waals surface area contributed by atoms with Crippen LogP contribution in [0.4, 0.5) is 5.69 Å². The number of hydrogen-bond acceptors (Lipinski definition) is 8. The maximum atomic E-state index is 13.4.